The zero-order valence-electron chi connectivity index (χ0n) is 9.18. The van der Waals surface area contributed by atoms with Gasteiger partial charge >= 0.3 is 0 Å². The predicted molar refractivity (Wildman–Crippen MR) is 61.7 cm³/mol. The number of aromatic nitrogens is 2. The minimum absolute atomic E-state index is 0.665. The Morgan fingerprint density at radius 1 is 1.60 bits per heavy atom. The summed E-state index contributed by atoms with van der Waals surface area (Å²) in [5.41, 5.74) is 6.70. The van der Waals surface area contributed by atoms with E-state index in [1.165, 1.54) is 18.0 Å². The van der Waals surface area contributed by atoms with E-state index in [2.05, 4.69) is 33.5 Å². The lowest BCUT2D eigenvalue weighted by Crippen LogP contribution is -2.31. The molecule has 2 rings (SSSR count). The van der Waals surface area contributed by atoms with E-state index >= 15 is 0 Å². The van der Waals surface area contributed by atoms with E-state index in [9.17, 15) is 0 Å². The van der Waals surface area contributed by atoms with Gasteiger partial charge in [0, 0.05) is 37.2 Å². The summed E-state index contributed by atoms with van der Waals surface area (Å²) in [4.78, 5) is 4.67. The van der Waals surface area contributed by atoms with Gasteiger partial charge in [0.25, 0.3) is 0 Å². The minimum atomic E-state index is 0.665. The number of likely N-dealkylation sites (N-methyl/N-ethyl adjacent to an activating group) is 1. The molecule has 0 radical (unpaired) electrons. The first-order valence-corrected chi connectivity index (χ1v) is 5.89. The zero-order chi connectivity index (χ0) is 10.8. The molecule has 1 fully saturated rings. The van der Waals surface area contributed by atoms with Crippen molar-refractivity contribution in [3.05, 3.63) is 5.69 Å². The first-order chi connectivity index (χ1) is 7.16. The van der Waals surface area contributed by atoms with Crippen molar-refractivity contribution < 1.29 is 0 Å². The number of nitrogens with zero attached hydrogens (tertiary/aromatic N) is 4. The van der Waals surface area contributed by atoms with Gasteiger partial charge in [-0.25, -0.2) is 0 Å². The summed E-state index contributed by atoms with van der Waals surface area (Å²) < 4.78 is 3.85. The van der Waals surface area contributed by atoms with Gasteiger partial charge in [0.05, 0.1) is 0 Å². The molecule has 84 valence electrons. The summed E-state index contributed by atoms with van der Waals surface area (Å²) in [7, 11) is 4.26. The SMILES string of the molecule is CN(C)C1CCN(Cc2nnsc2N)C1. The number of likely N-dealkylation sites (tertiary alicyclic amines) is 1. The molecule has 0 aliphatic carbocycles. The molecule has 5 nitrogen and oxygen atoms in total. The molecule has 0 amide bonds. The third-order valence-corrected chi connectivity index (χ3v) is 3.53. The number of nitrogens with two attached hydrogens (primary N) is 1. The van der Waals surface area contributed by atoms with Gasteiger partial charge in [-0.1, -0.05) is 4.49 Å². The number of hydrogen-bond donors (Lipinski definition) is 1. The Morgan fingerprint density at radius 2 is 2.40 bits per heavy atom. The minimum Gasteiger partial charge on any atom is -0.388 e. The molecule has 0 aromatic carbocycles. The smallest absolute Gasteiger partial charge is 0.132 e. The van der Waals surface area contributed by atoms with Gasteiger partial charge in [-0.2, -0.15) is 0 Å². The van der Waals surface area contributed by atoms with Crippen molar-refractivity contribution in [2.24, 2.45) is 0 Å². The molecule has 6 heteroatoms. The van der Waals surface area contributed by atoms with E-state index in [1.807, 2.05) is 0 Å². The maximum Gasteiger partial charge on any atom is 0.132 e. The van der Waals surface area contributed by atoms with E-state index in [0.717, 1.165) is 30.3 Å². The molecule has 0 saturated carbocycles. The summed E-state index contributed by atoms with van der Waals surface area (Å²) in [5.74, 6) is 0. The number of rotatable bonds is 3. The van der Waals surface area contributed by atoms with Crippen molar-refractivity contribution in [3.63, 3.8) is 0 Å². The third kappa shape index (κ3) is 2.45. The van der Waals surface area contributed by atoms with Gasteiger partial charge in [-0.05, 0) is 20.5 Å². The normalized spacial score (nSPS) is 22.7. The molecule has 1 atom stereocenters. The van der Waals surface area contributed by atoms with Gasteiger partial charge < -0.3 is 10.6 Å². The second-order valence-corrected chi connectivity index (χ2v) is 5.01. The lowest BCUT2D eigenvalue weighted by molar-refractivity contribution is 0.263. The van der Waals surface area contributed by atoms with Crippen LogP contribution in [0.2, 0.25) is 0 Å². The van der Waals surface area contributed by atoms with Crippen LogP contribution in [0.4, 0.5) is 5.00 Å². The highest BCUT2D eigenvalue weighted by atomic mass is 32.1. The molecule has 0 bridgehead atoms. The Bertz CT molecular complexity index is 324. The van der Waals surface area contributed by atoms with E-state index in [1.54, 1.807) is 0 Å². The van der Waals surface area contributed by atoms with Gasteiger partial charge in [0.2, 0.25) is 0 Å². The molecular weight excluding hydrogens is 210 g/mol. The van der Waals surface area contributed by atoms with Crippen LogP contribution < -0.4 is 5.73 Å². The Hall–Kier alpha value is -0.720. The lowest BCUT2D eigenvalue weighted by Gasteiger charge is -2.19. The fourth-order valence-corrected chi connectivity index (χ4v) is 2.35. The van der Waals surface area contributed by atoms with Crippen LogP contribution in [-0.2, 0) is 6.54 Å². The number of hydrogen-bond acceptors (Lipinski definition) is 6. The number of nitrogen functional groups attached to an aromatic ring is 1. The third-order valence-electron chi connectivity index (χ3n) is 2.94. The monoisotopic (exact) mass is 227 g/mol. The first kappa shape index (κ1) is 10.8. The van der Waals surface area contributed by atoms with Crippen molar-refractivity contribution in [2.75, 3.05) is 32.9 Å². The van der Waals surface area contributed by atoms with E-state index in [4.69, 9.17) is 5.73 Å². The summed E-state index contributed by atoms with van der Waals surface area (Å²) in [6, 6.07) is 0.665. The second kappa shape index (κ2) is 4.42. The van der Waals surface area contributed by atoms with Crippen molar-refractivity contribution >= 4 is 16.5 Å². The molecule has 15 heavy (non-hydrogen) atoms. The fourth-order valence-electron chi connectivity index (χ4n) is 1.91. The van der Waals surface area contributed by atoms with E-state index in [-0.39, 0.29) is 0 Å². The molecule has 0 spiro atoms. The molecule has 1 unspecified atom stereocenters. The van der Waals surface area contributed by atoms with Gasteiger partial charge in [-0.3, -0.25) is 4.90 Å². The maximum absolute atomic E-state index is 5.77. The first-order valence-electron chi connectivity index (χ1n) is 5.12. The average Bonchev–Trinajstić information content (AvgIpc) is 2.77. The summed E-state index contributed by atoms with van der Waals surface area (Å²) >= 11 is 1.27. The molecule has 1 aromatic heterocycles. The molecule has 2 N–H and O–H groups in total. The van der Waals surface area contributed by atoms with E-state index < -0.39 is 0 Å². The van der Waals surface area contributed by atoms with Crippen LogP contribution in [0.3, 0.4) is 0 Å². The van der Waals surface area contributed by atoms with Crippen LogP contribution in [0.15, 0.2) is 0 Å². The van der Waals surface area contributed by atoms with Crippen LogP contribution in [0.5, 0.6) is 0 Å². The van der Waals surface area contributed by atoms with Gasteiger partial charge in [0.1, 0.15) is 10.7 Å². The molecule has 1 aromatic rings. The van der Waals surface area contributed by atoms with Crippen LogP contribution in [0, 0.1) is 0 Å². The van der Waals surface area contributed by atoms with Crippen molar-refractivity contribution in [1.29, 1.82) is 0 Å². The summed E-state index contributed by atoms with van der Waals surface area (Å²) in [6.45, 7) is 3.07. The van der Waals surface area contributed by atoms with Crippen LogP contribution in [-0.4, -0.2) is 52.6 Å². The average molecular weight is 227 g/mol. The van der Waals surface area contributed by atoms with Crippen LogP contribution in [0.1, 0.15) is 12.1 Å². The summed E-state index contributed by atoms with van der Waals surface area (Å²) in [6.07, 6.45) is 1.23. The fraction of sp³-hybridized carbons (Fsp3) is 0.778. The number of anilines is 1. The Kier molecular flexibility index (Phi) is 3.18. The maximum atomic E-state index is 5.77. The Morgan fingerprint density at radius 3 is 2.93 bits per heavy atom. The molecule has 1 saturated heterocycles. The van der Waals surface area contributed by atoms with Gasteiger partial charge in [0.15, 0.2) is 0 Å². The van der Waals surface area contributed by atoms with Crippen LogP contribution in [0.25, 0.3) is 0 Å². The molecular formula is C9H17N5S. The summed E-state index contributed by atoms with van der Waals surface area (Å²) in [5, 5.41) is 4.79. The largest absolute Gasteiger partial charge is 0.388 e. The molecule has 1 aliphatic heterocycles. The van der Waals surface area contributed by atoms with Crippen molar-refractivity contribution in [1.82, 2.24) is 19.4 Å². The van der Waals surface area contributed by atoms with E-state index in [0.29, 0.717) is 6.04 Å². The van der Waals surface area contributed by atoms with Crippen molar-refractivity contribution in [3.8, 4) is 0 Å². The molecule has 1 aliphatic rings. The topological polar surface area (TPSA) is 58.3 Å². The quantitative estimate of drug-likeness (QED) is 0.802. The second-order valence-electron chi connectivity index (χ2n) is 4.23. The predicted octanol–water partition coefficient (Wildman–Crippen LogP) is 0.256. The Labute approximate surface area is 94.0 Å². The lowest BCUT2D eigenvalue weighted by atomic mass is 10.2. The zero-order valence-corrected chi connectivity index (χ0v) is 10.00. The Balaban J connectivity index is 1.90. The highest BCUT2D eigenvalue weighted by Gasteiger charge is 2.24. The van der Waals surface area contributed by atoms with Crippen LogP contribution >= 0.6 is 11.5 Å². The molecule has 2 heterocycles. The standard InChI is InChI=1S/C9H17N5S/c1-13(2)7-3-4-14(5-7)6-8-9(10)15-12-11-8/h7H,3-6,10H2,1-2H3. The highest BCUT2D eigenvalue weighted by Crippen LogP contribution is 2.19. The van der Waals surface area contributed by atoms with Gasteiger partial charge in [-0.15, -0.1) is 5.10 Å². The van der Waals surface area contributed by atoms with Crippen molar-refractivity contribution in [2.45, 2.75) is 19.0 Å². The highest BCUT2D eigenvalue weighted by molar-refractivity contribution is 7.09.